The molecule has 0 aliphatic heterocycles. The average molecular weight is 294 g/mol. The van der Waals surface area contributed by atoms with Crippen LogP contribution in [-0.2, 0) is 10.0 Å². The molecule has 17 heavy (non-hydrogen) atoms. The van der Waals surface area contributed by atoms with Crippen molar-refractivity contribution in [1.82, 2.24) is 4.72 Å². The van der Waals surface area contributed by atoms with Crippen molar-refractivity contribution < 1.29 is 8.42 Å². The summed E-state index contributed by atoms with van der Waals surface area (Å²) < 4.78 is 26.9. The van der Waals surface area contributed by atoms with Crippen LogP contribution in [0.25, 0.3) is 0 Å². The number of hydrogen-bond acceptors (Lipinski definition) is 3. The normalized spacial score (nSPS) is 25.2. The van der Waals surface area contributed by atoms with Crippen LogP contribution in [0.5, 0.6) is 0 Å². The molecule has 3 nitrogen and oxygen atoms in total. The van der Waals surface area contributed by atoms with Crippen LogP contribution < -0.4 is 4.72 Å². The molecule has 0 aromatic carbocycles. The summed E-state index contributed by atoms with van der Waals surface area (Å²) in [6.45, 7) is 0.512. The van der Waals surface area contributed by atoms with Gasteiger partial charge in [-0.25, -0.2) is 13.1 Å². The van der Waals surface area contributed by atoms with Gasteiger partial charge in [0.1, 0.15) is 4.21 Å². The Balaban J connectivity index is 1.94. The summed E-state index contributed by atoms with van der Waals surface area (Å²) in [6, 6.07) is 3.37. The van der Waals surface area contributed by atoms with E-state index in [1.54, 1.807) is 17.5 Å². The molecule has 1 aromatic heterocycles. The Hall–Kier alpha value is -0.100. The van der Waals surface area contributed by atoms with Gasteiger partial charge in [0.25, 0.3) is 0 Å². The monoisotopic (exact) mass is 293 g/mol. The second kappa shape index (κ2) is 5.69. The van der Waals surface area contributed by atoms with Gasteiger partial charge in [0.05, 0.1) is 0 Å². The highest BCUT2D eigenvalue weighted by Crippen LogP contribution is 2.32. The first kappa shape index (κ1) is 13.3. The Labute approximate surface area is 111 Å². The van der Waals surface area contributed by atoms with E-state index in [2.05, 4.69) is 4.72 Å². The molecule has 1 fully saturated rings. The lowest BCUT2D eigenvalue weighted by atomic mass is 9.98. The topological polar surface area (TPSA) is 46.2 Å². The molecule has 0 bridgehead atoms. The van der Waals surface area contributed by atoms with Crippen LogP contribution in [0, 0.1) is 11.8 Å². The zero-order valence-corrected chi connectivity index (χ0v) is 11.8. The van der Waals surface area contributed by atoms with Crippen LogP contribution in [0.1, 0.15) is 19.3 Å². The SMILES string of the molecule is O=S(=O)(NCC1CCCC1CCl)c1cccs1. The Bertz CT molecular complexity index is 444. The molecule has 1 N–H and O–H groups in total. The second-order valence-electron chi connectivity index (χ2n) is 4.39. The first-order valence-electron chi connectivity index (χ1n) is 5.72. The minimum Gasteiger partial charge on any atom is -0.210 e. The van der Waals surface area contributed by atoms with E-state index in [1.807, 2.05) is 0 Å². The Morgan fingerprint density at radius 2 is 2.18 bits per heavy atom. The van der Waals surface area contributed by atoms with E-state index in [9.17, 15) is 8.42 Å². The summed E-state index contributed by atoms with van der Waals surface area (Å²) in [5.41, 5.74) is 0. The third-order valence-corrected chi connectivity index (χ3v) is 6.53. The molecule has 1 saturated carbocycles. The number of alkyl halides is 1. The van der Waals surface area contributed by atoms with Crippen molar-refractivity contribution in [2.24, 2.45) is 11.8 Å². The summed E-state index contributed by atoms with van der Waals surface area (Å²) in [5, 5.41) is 1.77. The molecule has 2 unspecified atom stereocenters. The molecule has 96 valence electrons. The van der Waals surface area contributed by atoms with Gasteiger partial charge in [-0.3, -0.25) is 0 Å². The summed E-state index contributed by atoms with van der Waals surface area (Å²) in [6.07, 6.45) is 3.35. The maximum Gasteiger partial charge on any atom is 0.250 e. The summed E-state index contributed by atoms with van der Waals surface area (Å²) in [7, 11) is -3.31. The lowest BCUT2D eigenvalue weighted by Crippen LogP contribution is -2.30. The third-order valence-electron chi connectivity index (χ3n) is 3.31. The number of thiophene rings is 1. The molecule has 0 radical (unpaired) electrons. The Morgan fingerprint density at radius 1 is 1.41 bits per heavy atom. The predicted octanol–water partition coefficient (Wildman–Crippen LogP) is 2.68. The van der Waals surface area contributed by atoms with Crippen molar-refractivity contribution in [3.05, 3.63) is 17.5 Å². The number of hydrogen-bond donors (Lipinski definition) is 1. The third kappa shape index (κ3) is 3.22. The van der Waals surface area contributed by atoms with Crippen molar-refractivity contribution in [2.45, 2.75) is 23.5 Å². The fourth-order valence-electron chi connectivity index (χ4n) is 2.29. The Morgan fingerprint density at radius 3 is 2.82 bits per heavy atom. The predicted molar refractivity (Wildman–Crippen MR) is 71.1 cm³/mol. The smallest absolute Gasteiger partial charge is 0.210 e. The zero-order chi connectivity index (χ0) is 12.3. The van der Waals surface area contributed by atoms with Gasteiger partial charge >= 0.3 is 0 Å². The molecular formula is C11H16ClNO2S2. The summed E-state index contributed by atoms with van der Waals surface area (Å²) in [4.78, 5) is 0. The highest BCUT2D eigenvalue weighted by atomic mass is 35.5. The molecule has 2 atom stereocenters. The van der Waals surface area contributed by atoms with E-state index in [0.29, 0.717) is 28.5 Å². The van der Waals surface area contributed by atoms with Gasteiger partial charge in [-0.05, 0) is 36.1 Å². The molecule has 0 spiro atoms. The van der Waals surface area contributed by atoms with Gasteiger partial charge in [-0.1, -0.05) is 12.5 Å². The standard InChI is InChI=1S/C11H16ClNO2S2/c12-7-9-3-1-4-10(9)8-13-17(14,15)11-5-2-6-16-11/h2,5-6,9-10,13H,1,3-4,7-8H2. The largest absolute Gasteiger partial charge is 0.250 e. The highest BCUT2D eigenvalue weighted by molar-refractivity contribution is 7.91. The van der Waals surface area contributed by atoms with Crippen molar-refractivity contribution in [3.8, 4) is 0 Å². The maximum absolute atomic E-state index is 11.9. The van der Waals surface area contributed by atoms with Gasteiger partial charge in [-0.15, -0.1) is 22.9 Å². The van der Waals surface area contributed by atoms with Crippen LogP contribution in [0.4, 0.5) is 0 Å². The van der Waals surface area contributed by atoms with E-state index in [0.717, 1.165) is 19.3 Å². The van der Waals surface area contributed by atoms with Crippen molar-refractivity contribution in [1.29, 1.82) is 0 Å². The van der Waals surface area contributed by atoms with Crippen molar-refractivity contribution in [3.63, 3.8) is 0 Å². The van der Waals surface area contributed by atoms with Crippen LogP contribution in [0.2, 0.25) is 0 Å². The van der Waals surface area contributed by atoms with Crippen LogP contribution in [0.3, 0.4) is 0 Å². The van der Waals surface area contributed by atoms with Crippen molar-refractivity contribution >= 4 is 33.0 Å². The minimum atomic E-state index is -3.31. The van der Waals surface area contributed by atoms with E-state index in [-0.39, 0.29) is 0 Å². The second-order valence-corrected chi connectivity index (χ2v) is 7.64. The number of rotatable bonds is 5. The van der Waals surface area contributed by atoms with E-state index < -0.39 is 10.0 Å². The summed E-state index contributed by atoms with van der Waals surface area (Å²) in [5.74, 6) is 1.48. The highest BCUT2D eigenvalue weighted by Gasteiger charge is 2.28. The van der Waals surface area contributed by atoms with E-state index in [1.165, 1.54) is 11.3 Å². The zero-order valence-electron chi connectivity index (χ0n) is 9.43. The van der Waals surface area contributed by atoms with E-state index in [4.69, 9.17) is 11.6 Å². The van der Waals surface area contributed by atoms with Gasteiger partial charge in [0.2, 0.25) is 10.0 Å². The van der Waals surface area contributed by atoms with Crippen LogP contribution >= 0.6 is 22.9 Å². The Kier molecular flexibility index (Phi) is 4.47. The maximum atomic E-state index is 11.9. The molecule has 0 amide bonds. The van der Waals surface area contributed by atoms with E-state index >= 15 is 0 Å². The lowest BCUT2D eigenvalue weighted by Gasteiger charge is -2.17. The molecule has 1 aliphatic carbocycles. The fourth-order valence-corrected chi connectivity index (χ4v) is 4.83. The van der Waals surface area contributed by atoms with Gasteiger partial charge in [-0.2, -0.15) is 0 Å². The molecule has 0 saturated heterocycles. The first-order valence-corrected chi connectivity index (χ1v) is 8.62. The molecule has 6 heteroatoms. The minimum absolute atomic E-state index is 0.387. The molecule has 1 aromatic rings. The average Bonchev–Trinajstić information content (AvgIpc) is 2.97. The first-order chi connectivity index (χ1) is 8.13. The van der Waals surface area contributed by atoms with Gasteiger partial charge < -0.3 is 0 Å². The fraction of sp³-hybridized carbons (Fsp3) is 0.636. The molecule has 1 heterocycles. The van der Waals surface area contributed by atoms with Crippen molar-refractivity contribution in [2.75, 3.05) is 12.4 Å². The number of nitrogens with one attached hydrogen (secondary N) is 1. The number of sulfonamides is 1. The van der Waals surface area contributed by atoms with Crippen LogP contribution in [-0.4, -0.2) is 20.8 Å². The van der Waals surface area contributed by atoms with Crippen LogP contribution in [0.15, 0.2) is 21.7 Å². The molecule has 2 rings (SSSR count). The molecule has 1 aliphatic rings. The lowest BCUT2D eigenvalue weighted by molar-refractivity contribution is 0.418. The van der Waals surface area contributed by atoms with Gasteiger partial charge in [0.15, 0.2) is 0 Å². The quantitative estimate of drug-likeness (QED) is 0.849. The van der Waals surface area contributed by atoms with Gasteiger partial charge in [0, 0.05) is 12.4 Å². The molecular weight excluding hydrogens is 278 g/mol. The number of halogens is 1. The summed E-state index contributed by atoms with van der Waals surface area (Å²) >= 11 is 7.12.